The van der Waals surface area contributed by atoms with E-state index in [1.54, 1.807) is 0 Å². The van der Waals surface area contributed by atoms with Crippen molar-refractivity contribution < 1.29 is 14.3 Å². The lowest BCUT2D eigenvalue weighted by molar-refractivity contribution is 0.0208. The first-order chi connectivity index (χ1) is 8.27. The zero-order chi connectivity index (χ0) is 12.5. The fraction of sp³-hybridized carbons (Fsp3) is 0.500. The van der Waals surface area contributed by atoms with Crippen LogP contribution in [0.25, 0.3) is 0 Å². The van der Waals surface area contributed by atoms with Gasteiger partial charge in [0.15, 0.2) is 0 Å². The Hall–Kier alpha value is -1.51. The molecule has 0 aliphatic carbocycles. The second-order valence-electron chi connectivity index (χ2n) is 3.88. The molecule has 0 fully saturated rings. The van der Waals surface area contributed by atoms with Gasteiger partial charge in [0.1, 0.15) is 6.10 Å². The molecule has 1 aromatic rings. The van der Waals surface area contributed by atoms with Crippen molar-refractivity contribution in [2.75, 3.05) is 6.61 Å². The lowest BCUT2D eigenvalue weighted by atomic mass is 10.1. The van der Waals surface area contributed by atoms with Gasteiger partial charge in [-0.3, -0.25) is 0 Å². The van der Waals surface area contributed by atoms with Crippen LogP contribution >= 0.6 is 0 Å². The van der Waals surface area contributed by atoms with Crippen LogP contribution in [0.1, 0.15) is 44.8 Å². The van der Waals surface area contributed by atoms with E-state index in [9.17, 15) is 4.79 Å². The van der Waals surface area contributed by atoms with E-state index in [4.69, 9.17) is 9.47 Å². The maximum atomic E-state index is 11.4. The third-order valence-electron chi connectivity index (χ3n) is 2.50. The molecule has 3 nitrogen and oxygen atoms in total. The maximum absolute atomic E-state index is 11.4. The standard InChI is InChI=1S/C14H20O3/c1-3-5-11-16-14(15)17-13(4-2)12-9-7-6-8-10-12/h6-10,13H,3-5,11H2,1-2H3. The van der Waals surface area contributed by atoms with Gasteiger partial charge in [-0.25, -0.2) is 4.79 Å². The van der Waals surface area contributed by atoms with Crippen LogP contribution in [-0.4, -0.2) is 12.8 Å². The molecule has 1 aromatic carbocycles. The number of benzene rings is 1. The summed E-state index contributed by atoms with van der Waals surface area (Å²) in [6.45, 7) is 4.46. The van der Waals surface area contributed by atoms with E-state index >= 15 is 0 Å². The predicted octanol–water partition coefficient (Wildman–Crippen LogP) is 4.09. The number of carbonyl (C=O) groups is 1. The van der Waals surface area contributed by atoms with Crippen molar-refractivity contribution in [2.45, 2.75) is 39.2 Å². The van der Waals surface area contributed by atoms with Crippen molar-refractivity contribution in [3.05, 3.63) is 35.9 Å². The number of rotatable bonds is 6. The van der Waals surface area contributed by atoms with Gasteiger partial charge in [-0.15, -0.1) is 0 Å². The molecule has 0 N–H and O–H groups in total. The highest BCUT2D eigenvalue weighted by atomic mass is 16.7. The zero-order valence-electron chi connectivity index (χ0n) is 10.5. The van der Waals surface area contributed by atoms with Crippen molar-refractivity contribution in [2.24, 2.45) is 0 Å². The molecule has 1 unspecified atom stereocenters. The van der Waals surface area contributed by atoms with Crippen LogP contribution in [-0.2, 0) is 9.47 Å². The van der Waals surface area contributed by atoms with Crippen molar-refractivity contribution in [1.29, 1.82) is 0 Å². The molecule has 0 aliphatic heterocycles. The smallest absolute Gasteiger partial charge is 0.434 e. The maximum Gasteiger partial charge on any atom is 0.508 e. The Morgan fingerprint density at radius 1 is 1.24 bits per heavy atom. The van der Waals surface area contributed by atoms with E-state index in [0.29, 0.717) is 6.61 Å². The Kier molecular flexibility index (Phi) is 6.15. The molecule has 0 heterocycles. The fourth-order valence-electron chi connectivity index (χ4n) is 1.50. The van der Waals surface area contributed by atoms with Gasteiger partial charge in [0.2, 0.25) is 0 Å². The van der Waals surface area contributed by atoms with Gasteiger partial charge < -0.3 is 9.47 Å². The Balaban J connectivity index is 2.44. The van der Waals surface area contributed by atoms with E-state index < -0.39 is 6.16 Å². The molecule has 0 amide bonds. The van der Waals surface area contributed by atoms with E-state index in [1.165, 1.54) is 0 Å². The molecule has 0 spiro atoms. The summed E-state index contributed by atoms with van der Waals surface area (Å²) in [6.07, 6.45) is 1.83. The molecular weight excluding hydrogens is 216 g/mol. The van der Waals surface area contributed by atoms with Gasteiger partial charge in [0.25, 0.3) is 0 Å². The van der Waals surface area contributed by atoms with E-state index in [-0.39, 0.29) is 6.10 Å². The lowest BCUT2D eigenvalue weighted by Crippen LogP contribution is -2.13. The summed E-state index contributed by atoms with van der Waals surface area (Å²) in [6, 6.07) is 9.71. The zero-order valence-corrected chi connectivity index (χ0v) is 10.5. The summed E-state index contributed by atoms with van der Waals surface area (Å²) >= 11 is 0. The quantitative estimate of drug-likeness (QED) is 0.551. The molecular formula is C14H20O3. The molecule has 0 aliphatic rings. The summed E-state index contributed by atoms with van der Waals surface area (Å²) in [4.78, 5) is 11.4. The molecule has 0 bridgehead atoms. The summed E-state index contributed by atoms with van der Waals surface area (Å²) in [5.41, 5.74) is 1.00. The van der Waals surface area contributed by atoms with Crippen LogP contribution in [0.2, 0.25) is 0 Å². The number of unbranched alkanes of at least 4 members (excludes halogenated alkanes) is 1. The van der Waals surface area contributed by atoms with Crippen molar-refractivity contribution in [1.82, 2.24) is 0 Å². The molecule has 0 aromatic heterocycles. The summed E-state index contributed by atoms with van der Waals surface area (Å²) < 4.78 is 10.2. The fourth-order valence-corrected chi connectivity index (χ4v) is 1.50. The third-order valence-corrected chi connectivity index (χ3v) is 2.50. The van der Waals surface area contributed by atoms with E-state index in [1.807, 2.05) is 44.2 Å². The summed E-state index contributed by atoms with van der Waals surface area (Å²) in [7, 11) is 0. The minimum atomic E-state index is -0.575. The molecule has 1 rings (SSSR count). The number of hydrogen-bond donors (Lipinski definition) is 0. The Morgan fingerprint density at radius 2 is 1.94 bits per heavy atom. The minimum Gasteiger partial charge on any atom is -0.434 e. The SMILES string of the molecule is CCCCOC(=O)OC(CC)c1ccccc1. The van der Waals surface area contributed by atoms with Gasteiger partial charge in [-0.05, 0) is 18.4 Å². The lowest BCUT2D eigenvalue weighted by Gasteiger charge is -2.16. The van der Waals surface area contributed by atoms with E-state index in [0.717, 1.165) is 24.8 Å². The van der Waals surface area contributed by atoms with Crippen molar-refractivity contribution in [3.63, 3.8) is 0 Å². The van der Waals surface area contributed by atoms with Crippen LogP contribution in [0.5, 0.6) is 0 Å². The van der Waals surface area contributed by atoms with Crippen LogP contribution in [0, 0.1) is 0 Å². The highest BCUT2D eigenvalue weighted by molar-refractivity contribution is 5.60. The molecule has 0 saturated carbocycles. The number of hydrogen-bond acceptors (Lipinski definition) is 3. The van der Waals surface area contributed by atoms with Crippen LogP contribution in [0.4, 0.5) is 4.79 Å². The van der Waals surface area contributed by atoms with E-state index in [2.05, 4.69) is 0 Å². The normalized spacial score (nSPS) is 11.9. The summed E-state index contributed by atoms with van der Waals surface area (Å²) in [5.74, 6) is 0. The first-order valence-electron chi connectivity index (χ1n) is 6.16. The van der Waals surface area contributed by atoms with Gasteiger partial charge in [-0.1, -0.05) is 50.6 Å². The molecule has 3 heteroatoms. The Bertz CT molecular complexity index is 321. The number of carbonyl (C=O) groups excluding carboxylic acids is 1. The molecule has 94 valence electrons. The largest absolute Gasteiger partial charge is 0.508 e. The third kappa shape index (κ3) is 4.89. The molecule has 17 heavy (non-hydrogen) atoms. The minimum absolute atomic E-state index is 0.217. The monoisotopic (exact) mass is 236 g/mol. The van der Waals surface area contributed by atoms with Gasteiger partial charge in [-0.2, -0.15) is 0 Å². The van der Waals surface area contributed by atoms with Gasteiger partial charge in [0.05, 0.1) is 6.61 Å². The van der Waals surface area contributed by atoms with Gasteiger partial charge in [0, 0.05) is 0 Å². The highest BCUT2D eigenvalue weighted by Crippen LogP contribution is 2.21. The molecule has 0 radical (unpaired) electrons. The first kappa shape index (κ1) is 13.6. The molecule has 0 saturated heterocycles. The second-order valence-corrected chi connectivity index (χ2v) is 3.88. The van der Waals surface area contributed by atoms with Crippen molar-refractivity contribution >= 4 is 6.16 Å². The number of ether oxygens (including phenoxy) is 2. The Labute approximate surface area is 103 Å². The topological polar surface area (TPSA) is 35.5 Å². The van der Waals surface area contributed by atoms with Crippen LogP contribution in [0.15, 0.2) is 30.3 Å². The highest BCUT2D eigenvalue weighted by Gasteiger charge is 2.15. The Morgan fingerprint density at radius 3 is 2.53 bits per heavy atom. The second kappa shape index (κ2) is 7.71. The average Bonchev–Trinajstić information content (AvgIpc) is 2.37. The van der Waals surface area contributed by atoms with Crippen LogP contribution < -0.4 is 0 Å². The first-order valence-corrected chi connectivity index (χ1v) is 6.16. The molecule has 1 atom stereocenters. The van der Waals surface area contributed by atoms with Crippen LogP contribution in [0.3, 0.4) is 0 Å². The van der Waals surface area contributed by atoms with Gasteiger partial charge >= 0.3 is 6.16 Å². The average molecular weight is 236 g/mol. The van der Waals surface area contributed by atoms with Crippen molar-refractivity contribution in [3.8, 4) is 0 Å². The predicted molar refractivity (Wildman–Crippen MR) is 66.8 cm³/mol. The summed E-state index contributed by atoms with van der Waals surface area (Å²) in [5, 5.41) is 0.